The predicted molar refractivity (Wildman–Crippen MR) is 62.7 cm³/mol. The second-order valence-electron chi connectivity index (χ2n) is 3.94. The van der Waals surface area contributed by atoms with Crippen LogP contribution in [-0.2, 0) is 0 Å². The summed E-state index contributed by atoms with van der Waals surface area (Å²) in [4.78, 5) is 8.44. The summed E-state index contributed by atoms with van der Waals surface area (Å²) >= 11 is 0. The van der Waals surface area contributed by atoms with Gasteiger partial charge in [-0.3, -0.25) is 0 Å². The molecular formula is C11H18N4O. The van der Waals surface area contributed by atoms with Gasteiger partial charge in [0.25, 0.3) is 0 Å². The van der Waals surface area contributed by atoms with E-state index in [9.17, 15) is 0 Å². The van der Waals surface area contributed by atoms with Crippen LogP contribution < -0.4 is 15.4 Å². The lowest BCUT2D eigenvalue weighted by Gasteiger charge is -2.15. The molecule has 1 aliphatic rings. The summed E-state index contributed by atoms with van der Waals surface area (Å²) < 4.78 is 5.07. The predicted octanol–water partition coefficient (Wildman–Crippen LogP) is 1.04. The van der Waals surface area contributed by atoms with Crippen molar-refractivity contribution in [1.29, 1.82) is 0 Å². The van der Waals surface area contributed by atoms with Crippen molar-refractivity contribution in [2.45, 2.75) is 25.3 Å². The normalized spacial score (nSPS) is 21.2. The van der Waals surface area contributed by atoms with E-state index in [4.69, 9.17) is 4.74 Å². The molecule has 88 valence electrons. The van der Waals surface area contributed by atoms with Crippen LogP contribution in [0.25, 0.3) is 0 Å². The standard InChI is InChI=1S/C11H18N4O/c1-16-10-5-8-13-11(15-10)14-9-3-2-6-12-7-4-9/h5,8-9,12H,2-4,6-7H2,1H3,(H,13,14,15). The number of hydrogen-bond acceptors (Lipinski definition) is 5. The highest BCUT2D eigenvalue weighted by molar-refractivity contribution is 5.28. The van der Waals surface area contributed by atoms with Crippen LogP contribution >= 0.6 is 0 Å². The molecule has 2 heterocycles. The maximum absolute atomic E-state index is 5.07. The fourth-order valence-corrected chi connectivity index (χ4v) is 1.87. The summed E-state index contributed by atoms with van der Waals surface area (Å²) in [5.74, 6) is 1.26. The number of nitrogens with one attached hydrogen (secondary N) is 2. The van der Waals surface area contributed by atoms with E-state index in [2.05, 4.69) is 20.6 Å². The lowest BCUT2D eigenvalue weighted by atomic mass is 10.1. The Morgan fingerprint density at radius 1 is 1.44 bits per heavy atom. The molecule has 2 N–H and O–H groups in total. The molecule has 0 aliphatic carbocycles. The van der Waals surface area contributed by atoms with Crippen LogP contribution in [0.4, 0.5) is 5.95 Å². The molecule has 0 bridgehead atoms. The Morgan fingerprint density at radius 2 is 2.38 bits per heavy atom. The molecule has 1 aromatic heterocycles. The van der Waals surface area contributed by atoms with Crippen molar-refractivity contribution in [3.8, 4) is 5.88 Å². The highest BCUT2D eigenvalue weighted by atomic mass is 16.5. The van der Waals surface area contributed by atoms with Gasteiger partial charge < -0.3 is 15.4 Å². The monoisotopic (exact) mass is 222 g/mol. The Hall–Kier alpha value is -1.36. The highest BCUT2D eigenvalue weighted by Crippen LogP contribution is 2.13. The van der Waals surface area contributed by atoms with Crippen LogP contribution in [0.5, 0.6) is 5.88 Å². The molecule has 5 heteroatoms. The molecule has 1 fully saturated rings. The summed E-state index contributed by atoms with van der Waals surface area (Å²) in [5.41, 5.74) is 0. The van der Waals surface area contributed by atoms with Gasteiger partial charge in [-0.1, -0.05) is 0 Å². The summed E-state index contributed by atoms with van der Waals surface area (Å²) in [5, 5.41) is 6.73. The number of hydrogen-bond donors (Lipinski definition) is 2. The topological polar surface area (TPSA) is 59.1 Å². The first kappa shape index (κ1) is 11.1. The Bertz CT molecular complexity index is 324. The first-order valence-corrected chi connectivity index (χ1v) is 5.73. The van der Waals surface area contributed by atoms with Gasteiger partial charge in [0.05, 0.1) is 7.11 Å². The molecule has 0 saturated carbocycles. The SMILES string of the molecule is COc1ccnc(NC2CCCNCC2)n1. The van der Waals surface area contributed by atoms with E-state index in [0.29, 0.717) is 17.9 Å². The average Bonchev–Trinajstić information content (AvgIpc) is 2.58. The van der Waals surface area contributed by atoms with Crippen molar-refractivity contribution >= 4 is 5.95 Å². The lowest BCUT2D eigenvalue weighted by Crippen LogP contribution is -2.22. The molecule has 1 aliphatic heterocycles. The largest absolute Gasteiger partial charge is 0.481 e. The zero-order valence-corrected chi connectivity index (χ0v) is 9.57. The molecule has 1 unspecified atom stereocenters. The minimum atomic E-state index is 0.460. The molecule has 0 radical (unpaired) electrons. The Kier molecular flexibility index (Phi) is 3.93. The van der Waals surface area contributed by atoms with Crippen molar-refractivity contribution in [3.63, 3.8) is 0 Å². The number of ether oxygens (including phenoxy) is 1. The lowest BCUT2D eigenvalue weighted by molar-refractivity contribution is 0.397. The minimum absolute atomic E-state index is 0.460. The van der Waals surface area contributed by atoms with Gasteiger partial charge >= 0.3 is 0 Å². The van der Waals surface area contributed by atoms with E-state index in [0.717, 1.165) is 25.9 Å². The van der Waals surface area contributed by atoms with E-state index in [1.807, 2.05) is 0 Å². The summed E-state index contributed by atoms with van der Waals surface area (Å²) in [7, 11) is 1.61. The third-order valence-corrected chi connectivity index (χ3v) is 2.75. The number of aromatic nitrogens is 2. The average molecular weight is 222 g/mol. The molecular weight excluding hydrogens is 204 g/mol. The molecule has 1 atom stereocenters. The molecule has 0 aromatic carbocycles. The highest BCUT2D eigenvalue weighted by Gasteiger charge is 2.12. The number of nitrogens with zero attached hydrogens (tertiary/aromatic N) is 2. The molecule has 1 aromatic rings. The quantitative estimate of drug-likeness (QED) is 0.800. The zero-order valence-electron chi connectivity index (χ0n) is 9.57. The van der Waals surface area contributed by atoms with Crippen molar-refractivity contribution in [2.24, 2.45) is 0 Å². The van der Waals surface area contributed by atoms with Gasteiger partial charge in [0.1, 0.15) is 0 Å². The van der Waals surface area contributed by atoms with Crippen LogP contribution in [0.2, 0.25) is 0 Å². The third-order valence-electron chi connectivity index (χ3n) is 2.75. The third kappa shape index (κ3) is 3.06. The van der Waals surface area contributed by atoms with Crippen molar-refractivity contribution in [1.82, 2.24) is 15.3 Å². The summed E-state index contributed by atoms with van der Waals surface area (Å²) in [6.07, 6.45) is 5.18. The molecule has 0 amide bonds. The smallest absolute Gasteiger partial charge is 0.226 e. The maximum atomic E-state index is 5.07. The first-order chi connectivity index (χ1) is 7.88. The molecule has 5 nitrogen and oxygen atoms in total. The second-order valence-corrected chi connectivity index (χ2v) is 3.94. The number of anilines is 1. The summed E-state index contributed by atoms with van der Waals surface area (Å²) in [6.45, 7) is 2.17. The van der Waals surface area contributed by atoms with Crippen LogP contribution in [0.1, 0.15) is 19.3 Å². The van der Waals surface area contributed by atoms with Crippen molar-refractivity contribution in [3.05, 3.63) is 12.3 Å². The van der Waals surface area contributed by atoms with E-state index in [-0.39, 0.29) is 0 Å². The Morgan fingerprint density at radius 3 is 3.25 bits per heavy atom. The number of rotatable bonds is 3. The van der Waals surface area contributed by atoms with Crippen LogP contribution in [-0.4, -0.2) is 36.2 Å². The van der Waals surface area contributed by atoms with Crippen molar-refractivity contribution in [2.75, 3.05) is 25.5 Å². The Labute approximate surface area is 95.6 Å². The first-order valence-electron chi connectivity index (χ1n) is 5.73. The van der Waals surface area contributed by atoms with E-state index in [1.165, 1.54) is 6.42 Å². The fourth-order valence-electron chi connectivity index (χ4n) is 1.87. The second kappa shape index (κ2) is 5.65. The van der Waals surface area contributed by atoms with Gasteiger partial charge in [-0.05, 0) is 32.4 Å². The van der Waals surface area contributed by atoms with Crippen LogP contribution in [0.3, 0.4) is 0 Å². The molecule has 1 saturated heterocycles. The van der Waals surface area contributed by atoms with Crippen LogP contribution in [0, 0.1) is 0 Å². The van der Waals surface area contributed by atoms with Gasteiger partial charge in [-0.25, -0.2) is 4.98 Å². The van der Waals surface area contributed by atoms with Crippen LogP contribution in [0.15, 0.2) is 12.3 Å². The van der Waals surface area contributed by atoms with Gasteiger partial charge in [-0.2, -0.15) is 4.98 Å². The van der Waals surface area contributed by atoms with E-state index < -0.39 is 0 Å². The Balaban J connectivity index is 1.96. The van der Waals surface area contributed by atoms with Gasteiger partial charge in [0.15, 0.2) is 0 Å². The minimum Gasteiger partial charge on any atom is -0.481 e. The maximum Gasteiger partial charge on any atom is 0.226 e. The fraction of sp³-hybridized carbons (Fsp3) is 0.636. The molecule has 0 spiro atoms. The van der Waals surface area contributed by atoms with E-state index in [1.54, 1.807) is 19.4 Å². The van der Waals surface area contributed by atoms with Gasteiger partial charge in [0, 0.05) is 18.3 Å². The zero-order chi connectivity index (χ0) is 11.2. The summed E-state index contributed by atoms with van der Waals surface area (Å²) in [6, 6.07) is 2.21. The van der Waals surface area contributed by atoms with Crippen molar-refractivity contribution < 1.29 is 4.74 Å². The molecule has 16 heavy (non-hydrogen) atoms. The van der Waals surface area contributed by atoms with E-state index >= 15 is 0 Å². The molecule has 2 rings (SSSR count). The number of methoxy groups -OCH3 is 1. The van der Waals surface area contributed by atoms with Gasteiger partial charge in [-0.15, -0.1) is 0 Å². The van der Waals surface area contributed by atoms with Gasteiger partial charge in [0.2, 0.25) is 11.8 Å².